The summed E-state index contributed by atoms with van der Waals surface area (Å²) in [6.07, 6.45) is 11.4. The summed E-state index contributed by atoms with van der Waals surface area (Å²) >= 11 is 0. The number of nitrogens with two attached hydrogens (primary N) is 1. The Kier molecular flexibility index (Phi) is 24.2. The van der Waals surface area contributed by atoms with E-state index in [0.717, 1.165) is 44.2 Å². The van der Waals surface area contributed by atoms with Gasteiger partial charge < -0.3 is 30.5 Å². The van der Waals surface area contributed by atoms with Gasteiger partial charge >= 0.3 is 11.9 Å². The smallest absolute Gasteiger partial charge is 0.307 e. The molecule has 0 saturated heterocycles. The largest absolute Gasteiger partial charge is 0.469 e. The van der Waals surface area contributed by atoms with Crippen LogP contribution in [0.25, 0.3) is 0 Å². The molecule has 44 heavy (non-hydrogen) atoms. The topological polar surface area (TPSA) is 207 Å². The molecule has 0 atom stereocenters. The first kappa shape index (κ1) is 43.4. The van der Waals surface area contributed by atoms with E-state index in [-0.39, 0.29) is 54.8 Å². The van der Waals surface area contributed by atoms with E-state index in [4.69, 9.17) is 19.9 Å². The van der Waals surface area contributed by atoms with Crippen molar-refractivity contribution in [3.63, 3.8) is 0 Å². The number of ketones is 1. The molecule has 0 radical (unpaired) electrons. The number of nitrogens with zero attached hydrogens (tertiary/aromatic N) is 1. The van der Waals surface area contributed by atoms with Crippen molar-refractivity contribution >= 4 is 47.7 Å². The molecule has 0 aliphatic heterocycles. The Bertz CT molecular complexity index is 895. The van der Waals surface area contributed by atoms with Crippen molar-refractivity contribution in [2.75, 3.05) is 14.2 Å². The zero-order valence-corrected chi connectivity index (χ0v) is 27.7. The number of esters is 2. The van der Waals surface area contributed by atoms with E-state index in [0.29, 0.717) is 64.2 Å². The van der Waals surface area contributed by atoms with Crippen LogP contribution in [0.3, 0.4) is 0 Å². The van der Waals surface area contributed by atoms with Gasteiger partial charge in [0, 0.05) is 25.7 Å². The molecule has 0 unspecified atom stereocenters. The minimum absolute atomic E-state index is 0. The molecule has 2 amide bonds. The van der Waals surface area contributed by atoms with Crippen LogP contribution in [0, 0.1) is 0 Å². The molecule has 0 aromatic carbocycles. The minimum Gasteiger partial charge on any atom is -0.469 e. The maximum absolute atomic E-state index is 12.1. The molecule has 14 heteroatoms. The van der Waals surface area contributed by atoms with Gasteiger partial charge in [0.2, 0.25) is 11.8 Å². The number of carbonyl (C=O) groups excluding carboxylic acids is 5. The Hall–Kier alpha value is -2.77. The second-order valence-corrected chi connectivity index (χ2v) is 11.3. The van der Waals surface area contributed by atoms with Crippen molar-refractivity contribution in [1.29, 1.82) is 0 Å². The summed E-state index contributed by atoms with van der Waals surface area (Å²) < 4.78 is 9.45. The third-order valence-electron chi connectivity index (χ3n) is 7.94. The van der Waals surface area contributed by atoms with Gasteiger partial charge in [0.15, 0.2) is 0 Å². The highest BCUT2D eigenvalue weighted by Gasteiger charge is 2.39. The number of ether oxygens (including phenoxy) is 2. The SMILES string of the molecule is CCCCCC(=O)NC1(CC(=O)OC)CCC(=NO)CC1.CCCCCC(=O)NC1(CC(=O)OC)CCC(=O)CC1.Cl.NO. The third kappa shape index (κ3) is 17.5. The van der Waals surface area contributed by atoms with E-state index in [1.165, 1.54) is 14.2 Å². The first-order chi connectivity index (χ1) is 20.6. The van der Waals surface area contributed by atoms with Gasteiger partial charge in [-0.2, -0.15) is 0 Å². The molecule has 0 aromatic rings. The molecule has 0 spiro atoms. The third-order valence-corrected chi connectivity index (χ3v) is 7.94. The highest BCUT2D eigenvalue weighted by molar-refractivity contribution is 5.86. The molecule has 2 aliphatic carbocycles. The molecule has 2 saturated carbocycles. The van der Waals surface area contributed by atoms with E-state index in [9.17, 15) is 24.0 Å². The quantitative estimate of drug-likeness (QED) is 0.0780. The zero-order valence-electron chi connectivity index (χ0n) is 26.9. The van der Waals surface area contributed by atoms with Gasteiger partial charge in [-0.1, -0.05) is 44.7 Å². The lowest BCUT2D eigenvalue weighted by Gasteiger charge is -2.37. The fraction of sp³-hybridized carbons (Fsp3) is 0.800. The van der Waals surface area contributed by atoms with Crippen LogP contribution in [0.5, 0.6) is 0 Å². The van der Waals surface area contributed by atoms with Crippen molar-refractivity contribution in [2.24, 2.45) is 11.1 Å². The van der Waals surface area contributed by atoms with Crippen LogP contribution in [-0.4, -0.2) is 71.0 Å². The number of methoxy groups -OCH3 is 2. The molecule has 6 N–H and O–H groups in total. The zero-order chi connectivity index (χ0) is 32.7. The standard InChI is InChI=1S/C15H26N2O4.C15H25NO4.ClH.H3NO/c1-3-4-5-6-13(18)16-15(11-14(19)21-2)9-7-12(17-20)8-10-15;1-3-4-5-6-13(18)16-15(11-14(19)20-2)9-7-12(17)8-10-15;;1-2/h20H,3-11H2,1-2H3,(H,16,18);3-11H2,1-2H3,(H,16,18);1H;2H,1H2. The van der Waals surface area contributed by atoms with Crippen LogP contribution in [-0.2, 0) is 33.4 Å². The summed E-state index contributed by atoms with van der Waals surface area (Å²) in [4.78, 5) is 58.6. The van der Waals surface area contributed by atoms with E-state index in [2.05, 4.69) is 35.5 Å². The summed E-state index contributed by atoms with van der Waals surface area (Å²) in [5.41, 5.74) is -0.440. The normalized spacial score (nSPS) is 18.5. The van der Waals surface area contributed by atoms with Gasteiger partial charge in [-0.15, -0.1) is 12.4 Å². The average molecular weight is 651 g/mol. The van der Waals surface area contributed by atoms with Gasteiger partial charge in [-0.3, -0.25) is 24.0 Å². The average Bonchev–Trinajstić information content (AvgIpc) is 3.00. The summed E-state index contributed by atoms with van der Waals surface area (Å²) in [5.74, 6) is 2.99. The Morgan fingerprint density at radius 1 is 0.750 bits per heavy atom. The van der Waals surface area contributed by atoms with E-state index in [1.807, 2.05) is 0 Å². The number of carbonyl (C=O) groups is 5. The molecular weight excluding hydrogens is 596 g/mol. The second-order valence-electron chi connectivity index (χ2n) is 11.3. The van der Waals surface area contributed by atoms with Crippen molar-refractivity contribution in [3.8, 4) is 0 Å². The molecule has 2 rings (SSSR count). The number of amides is 2. The molecule has 0 aromatic heterocycles. The van der Waals surface area contributed by atoms with Crippen molar-refractivity contribution < 1.29 is 43.9 Å². The number of hydrogen-bond acceptors (Lipinski definition) is 11. The van der Waals surface area contributed by atoms with Crippen LogP contribution < -0.4 is 16.5 Å². The van der Waals surface area contributed by atoms with E-state index in [1.54, 1.807) is 0 Å². The van der Waals surface area contributed by atoms with Crippen molar-refractivity contribution in [1.82, 2.24) is 10.6 Å². The van der Waals surface area contributed by atoms with Crippen LogP contribution in [0.4, 0.5) is 0 Å². The second kappa shape index (κ2) is 24.5. The Morgan fingerprint density at radius 3 is 1.43 bits per heavy atom. The lowest BCUT2D eigenvalue weighted by atomic mass is 9.78. The van der Waals surface area contributed by atoms with Gasteiger partial charge in [-0.25, -0.2) is 5.90 Å². The molecule has 2 aliphatic rings. The highest BCUT2D eigenvalue weighted by Crippen LogP contribution is 2.31. The number of oxime groups is 1. The minimum atomic E-state index is -0.593. The lowest BCUT2D eigenvalue weighted by molar-refractivity contribution is -0.144. The number of Topliss-reactive ketones (excluding diaryl/α,β-unsaturated/α-hetero) is 1. The Labute approximate surface area is 267 Å². The number of hydrogen-bond donors (Lipinski definition) is 5. The van der Waals surface area contributed by atoms with Crippen molar-refractivity contribution in [3.05, 3.63) is 0 Å². The van der Waals surface area contributed by atoms with Crippen LogP contribution in [0.2, 0.25) is 0 Å². The van der Waals surface area contributed by atoms with Crippen LogP contribution in [0.15, 0.2) is 5.16 Å². The molecule has 0 heterocycles. The lowest BCUT2D eigenvalue weighted by Crippen LogP contribution is -2.52. The first-order valence-corrected chi connectivity index (χ1v) is 15.3. The van der Waals surface area contributed by atoms with E-state index < -0.39 is 11.1 Å². The fourth-order valence-corrected chi connectivity index (χ4v) is 5.30. The van der Waals surface area contributed by atoms with Crippen LogP contribution >= 0.6 is 12.4 Å². The van der Waals surface area contributed by atoms with Crippen molar-refractivity contribution in [2.45, 2.75) is 141 Å². The molecule has 2 fully saturated rings. The Morgan fingerprint density at radius 2 is 1.11 bits per heavy atom. The number of unbranched alkanes of at least 4 members (excludes halogenated alkanes) is 4. The van der Waals surface area contributed by atoms with Crippen LogP contribution in [0.1, 0.15) is 129 Å². The summed E-state index contributed by atoms with van der Waals surface area (Å²) in [6.45, 7) is 4.18. The summed E-state index contributed by atoms with van der Waals surface area (Å²) in [6, 6.07) is 0. The van der Waals surface area contributed by atoms with Gasteiger partial charge in [0.05, 0.1) is 43.9 Å². The predicted molar refractivity (Wildman–Crippen MR) is 168 cm³/mol. The van der Waals surface area contributed by atoms with Gasteiger partial charge in [0.25, 0.3) is 0 Å². The number of rotatable bonds is 14. The van der Waals surface area contributed by atoms with Gasteiger partial charge in [-0.05, 0) is 51.4 Å². The monoisotopic (exact) mass is 650 g/mol. The summed E-state index contributed by atoms with van der Waals surface area (Å²) in [5, 5.41) is 24.6. The first-order valence-electron chi connectivity index (χ1n) is 15.3. The maximum atomic E-state index is 12.1. The predicted octanol–water partition coefficient (Wildman–Crippen LogP) is 4.27. The molecule has 0 bridgehead atoms. The molecular formula is C30H55ClN4O9. The highest BCUT2D eigenvalue weighted by atomic mass is 35.5. The fourth-order valence-electron chi connectivity index (χ4n) is 5.30. The maximum Gasteiger partial charge on any atom is 0.307 e. The Balaban J connectivity index is 0. The van der Waals surface area contributed by atoms with Gasteiger partial charge in [0.1, 0.15) is 5.78 Å². The number of nitrogens with one attached hydrogen (secondary N) is 2. The summed E-state index contributed by atoms with van der Waals surface area (Å²) in [7, 11) is 2.69. The van der Waals surface area contributed by atoms with E-state index >= 15 is 0 Å². The molecule has 256 valence electrons. The number of halogens is 1. The molecule has 13 nitrogen and oxygen atoms in total.